The van der Waals surface area contributed by atoms with Crippen LogP contribution in [0.5, 0.6) is 0 Å². The Labute approximate surface area is 146 Å². The standard InChI is InChI=1S/C22H35B/c1-7-17(3)20-12-13-21(19(8-2)16-20)18(4)22(5,6)14-10-9-11-15-23/h12-13,16-17H,4,7-11,14-15H2,1-3,5-6H3. The molecule has 0 fully saturated rings. The summed E-state index contributed by atoms with van der Waals surface area (Å²) in [4.78, 5) is 0. The van der Waals surface area contributed by atoms with Crippen molar-refractivity contribution in [3.63, 3.8) is 0 Å². The molecule has 0 aromatic heterocycles. The van der Waals surface area contributed by atoms with Crippen molar-refractivity contribution in [3.8, 4) is 0 Å². The number of hydrogen-bond donors (Lipinski definition) is 0. The monoisotopic (exact) mass is 310 g/mol. The fourth-order valence-corrected chi connectivity index (χ4v) is 3.15. The first kappa shape index (κ1) is 20.1. The molecule has 1 heteroatoms. The van der Waals surface area contributed by atoms with E-state index in [0.717, 1.165) is 19.2 Å². The van der Waals surface area contributed by atoms with Gasteiger partial charge in [0.15, 0.2) is 0 Å². The van der Waals surface area contributed by atoms with Gasteiger partial charge >= 0.3 is 0 Å². The molecule has 0 nitrogen and oxygen atoms in total. The smallest absolute Gasteiger partial charge is 0.0653 e. The number of unbranched alkanes of at least 4 members (excludes halogenated alkanes) is 2. The Balaban J connectivity index is 2.93. The van der Waals surface area contributed by atoms with Crippen LogP contribution in [-0.4, -0.2) is 7.85 Å². The third kappa shape index (κ3) is 5.55. The molecule has 0 bridgehead atoms. The SMILES string of the molecule is [B]CCCCCC(C)(C)C(=C)c1ccc(C(C)CC)cc1CC. The van der Waals surface area contributed by atoms with Gasteiger partial charge in [-0.05, 0) is 52.9 Å². The van der Waals surface area contributed by atoms with E-state index in [9.17, 15) is 0 Å². The van der Waals surface area contributed by atoms with Gasteiger partial charge in [0.1, 0.15) is 0 Å². The molecule has 1 atom stereocenters. The van der Waals surface area contributed by atoms with E-state index in [1.807, 2.05) is 0 Å². The van der Waals surface area contributed by atoms with Crippen LogP contribution in [-0.2, 0) is 6.42 Å². The maximum atomic E-state index is 5.60. The molecule has 0 aliphatic carbocycles. The lowest BCUT2D eigenvalue weighted by molar-refractivity contribution is 0.429. The third-order valence-corrected chi connectivity index (χ3v) is 5.34. The summed E-state index contributed by atoms with van der Waals surface area (Å²) in [6.45, 7) is 16.0. The largest absolute Gasteiger partial charge is 0.0947 e. The quantitative estimate of drug-likeness (QED) is 0.324. The van der Waals surface area contributed by atoms with E-state index in [4.69, 9.17) is 7.85 Å². The minimum atomic E-state index is 0.149. The summed E-state index contributed by atoms with van der Waals surface area (Å²) in [5, 5.41) is 0. The second kappa shape index (κ2) is 9.35. The molecule has 1 aromatic rings. The van der Waals surface area contributed by atoms with E-state index in [1.54, 1.807) is 0 Å². The predicted molar refractivity (Wildman–Crippen MR) is 106 cm³/mol. The van der Waals surface area contributed by atoms with Crippen LogP contribution in [0.15, 0.2) is 24.8 Å². The van der Waals surface area contributed by atoms with Gasteiger partial charge in [-0.25, -0.2) is 0 Å². The first-order chi connectivity index (χ1) is 10.9. The first-order valence-corrected chi connectivity index (χ1v) is 9.40. The molecule has 0 saturated heterocycles. The number of allylic oxidation sites excluding steroid dienone is 1. The Morgan fingerprint density at radius 3 is 2.43 bits per heavy atom. The topological polar surface area (TPSA) is 0 Å². The zero-order valence-corrected chi connectivity index (χ0v) is 16.0. The summed E-state index contributed by atoms with van der Waals surface area (Å²) in [7, 11) is 5.60. The van der Waals surface area contributed by atoms with Crippen LogP contribution in [0.25, 0.3) is 5.57 Å². The van der Waals surface area contributed by atoms with E-state index < -0.39 is 0 Å². The van der Waals surface area contributed by atoms with Crippen LogP contribution in [0.4, 0.5) is 0 Å². The third-order valence-electron chi connectivity index (χ3n) is 5.34. The molecule has 0 spiro atoms. The minimum absolute atomic E-state index is 0.149. The highest BCUT2D eigenvalue weighted by Crippen LogP contribution is 2.40. The van der Waals surface area contributed by atoms with E-state index in [0.29, 0.717) is 5.92 Å². The maximum absolute atomic E-state index is 5.60. The number of hydrogen-bond acceptors (Lipinski definition) is 0. The molecule has 0 heterocycles. The van der Waals surface area contributed by atoms with Gasteiger partial charge in [-0.2, -0.15) is 0 Å². The van der Waals surface area contributed by atoms with Gasteiger partial charge in [-0.3, -0.25) is 0 Å². The Bertz CT molecular complexity index is 499. The Hall–Kier alpha value is -0.975. The average Bonchev–Trinajstić information content (AvgIpc) is 2.56. The number of aryl methyl sites for hydroxylation is 1. The van der Waals surface area contributed by atoms with Crippen molar-refractivity contribution in [2.75, 3.05) is 0 Å². The molecule has 1 unspecified atom stereocenters. The molecular formula is C22H35B. The molecule has 23 heavy (non-hydrogen) atoms. The Kier molecular flexibility index (Phi) is 8.16. The summed E-state index contributed by atoms with van der Waals surface area (Å²) >= 11 is 0. The van der Waals surface area contributed by atoms with Crippen LogP contribution in [0, 0.1) is 5.41 Å². The first-order valence-electron chi connectivity index (χ1n) is 9.40. The van der Waals surface area contributed by atoms with E-state index in [-0.39, 0.29) is 5.41 Å². The van der Waals surface area contributed by atoms with E-state index >= 15 is 0 Å². The summed E-state index contributed by atoms with van der Waals surface area (Å²) in [6, 6.07) is 7.02. The highest BCUT2D eigenvalue weighted by molar-refractivity contribution is 6.08. The molecule has 1 rings (SSSR count). The average molecular weight is 310 g/mol. The van der Waals surface area contributed by atoms with Gasteiger partial charge in [0.05, 0.1) is 7.85 Å². The van der Waals surface area contributed by atoms with Crippen molar-refractivity contribution in [1.29, 1.82) is 0 Å². The predicted octanol–water partition coefficient (Wildman–Crippen LogP) is 6.95. The van der Waals surface area contributed by atoms with Gasteiger partial charge in [-0.15, -0.1) is 0 Å². The van der Waals surface area contributed by atoms with E-state index in [1.165, 1.54) is 47.9 Å². The second-order valence-electron chi connectivity index (χ2n) is 7.54. The zero-order valence-electron chi connectivity index (χ0n) is 16.0. The van der Waals surface area contributed by atoms with Crippen LogP contribution < -0.4 is 0 Å². The highest BCUT2D eigenvalue weighted by Gasteiger charge is 2.24. The van der Waals surface area contributed by atoms with Crippen molar-refractivity contribution in [3.05, 3.63) is 41.5 Å². The van der Waals surface area contributed by atoms with Gasteiger partial charge in [0.25, 0.3) is 0 Å². The molecule has 2 radical (unpaired) electrons. The lowest BCUT2D eigenvalue weighted by Crippen LogP contribution is -2.14. The van der Waals surface area contributed by atoms with Crippen molar-refractivity contribution in [2.24, 2.45) is 5.41 Å². The van der Waals surface area contributed by atoms with Gasteiger partial charge in [0, 0.05) is 0 Å². The van der Waals surface area contributed by atoms with Crippen molar-refractivity contribution < 1.29 is 0 Å². The molecule has 0 aliphatic rings. The normalized spacial score (nSPS) is 13.1. The molecule has 0 aliphatic heterocycles. The van der Waals surface area contributed by atoms with Crippen molar-refractivity contribution in [1.82, 2.24) is 0 Å². The van der Waals surface area contributed by atoms with Crippen LogP contribution in [0.1, 0.15) is 89.3 Å². The summed E-state index contributed by atoms with van der Waals surface area (Å²) in [6.07, 6.45) is 7.83. The van der Waals surface area contributed by atoms with Crippen LogP contribution >= 0.6 is 0 Å². The van der Waals surface area contributed by atoms with Crippen LogP contribution in [0.2, 0.25) is 6.32 Å². The summed E-state index contributed by atoms with van der Waals surface area (Å²) in [5.41, 5.74) is 5.71. The van der Waals surface area contributed by atoms with Gasteiger partial charge in [0.2, 0.25) is 0 Å². The zero-order chi connectivity index (χ0) is 17.5. The molecule has 0 amide bonds. The molecular weight excluding hydrogens is 275 g/mol. The van der Waals surface area contributed by atoms with Crippen LogP contribution in [0.3, 0.4) is 0 Å². The summed E-state index contributed by atoms with van der Waals surface area (Å²) < 4.78 is 0. The van der Waals surface area contributed by atoms with Crippen molar-refractivity contribution >= 4 is 13.4 Å². The van der Waals surface area contributed by atoms with E-state index in [2.05, 4.69) is 59.4 Å². The number of rotatable bonds is 10. The second-order valence-corrected chi connectivity index (χ2v) is 7.54. The Morgan fingerprint density at radius 1 is 1.17 bits per heavy atom. The summed E-state index contributed by atoms with van der Waals surface area (Å²) in [5.74, 6) is 0.631. The number of benzene rings is 1. The maximum Gasteiger partial charge on any atom is 0.0653 e. The molecule has 1 aromatic carbocycles. The Morgan fingerprint density at radius 2 is 1.87 bits per heavy atom. The highest BCUT2D eigenvalue weighted by atomic mass is 14.3. The fourth-order valence-electron chi connectivity index (χ4n) is 3.15. The van der Waals surface area contributed by atoms with Gasteiger partial charge < -0.3 is 0 Å². The molecule has 126 valence electrons. The minimum Gasteiger partial charge on any atom is -0.0947 e. The molecule has 0 N–H and O–H groups in total. The molecule has 0 saturated carbocycles. The lowest BCUT2D eigenvalue weighted by atomic mass is 9.75. The fraction of sp³-hybridized carbons (Fsp3) is 0.636. The lowest BCUT2D eigenvalue weighted by Gasteiger charge is -2.29. The van der Waals surface area contributed by atoms with Crippen molar-refractivity contribution in [2.45, 2.75) is 85.4 Å². The van der Waals surface area contributed by atoms with Gasteiger partial charge in [-0.1, -0.05) is 85.0 Å².